The van der Waals surface area contributed by atoms with Gasteiger partial charge in [0, 0.05) is 19.2 Å². The lowest BCUT2D eigenvalue weighted by atomic mass is 10.2. The molecule has 0 aliphatic carbocycles. The Morgan fingerprint density at radius 2 is 2.21 bits per heavy atom. The first kappa shape index (κ1) is 9.59. The third kappa shape index (κ3) is 1.42. The van der Waals surface area contributed by atoms with Crippen molar-refractivity contribution in [1.82, 2.24) is 9.55 Å². The number of imidazole rings is 1. The lowest BCUT2D eigenvalue weighted by molar-refractivity contribution is 0.829. The summed E-state index contributed by atoms with van der Waals surface area (Å²) in [5.74, 6) is 1.91. The van der Waals surface area contributed by atoms with Crippen molar-refractivity contribution in [1.29, 1.82) is 0 Å². The fraction of sp³-hybridized carbons (Fsp3) is 0.364. The molecule has 0 amide bonds. The van der Waals surface area contributed by atoms with Gasteiger partial charge in [0.15, 0.2) is 0 Å². The highest BCUT2D eigenvalue weighted by Crippen LogP contribution is 2.17. The van der Waals surface area contributed by atoms with Gasteiger partial charge in [-0.15, -0.1) is 0 Å². The highest BCUT2D eigenvalue weighted by molar-refractivity contribution is 7.79. The first-order chi connectivity index (χ1) is 6.76. The standard InChI is InChI=1S/C11H14N2S/c1-3-11-12-9-6-8(7-14)4-5-10(9)13(11)2/h4-6,14H,3,7H2,1-2H3. The van der Waals surface area contributed by atoms with Gasteiger partial charge in [0.05, 0.1) is 11.0 Å². The van der Waals surface area contributed by atoms with E-state index >= 15 is 0 Å². The van der Waals surface area contributed by atoms with Crippen LogP contribution in [-0.2, 0) is 19.2 Å². The summed E-state index contributed by atoms with van der Waals surface area (Å²) in [5.41, 5.74) is 3.50. The molecule has 0 aliphatic heterocycles. The maximum Gasteiger partial charge on any atom is 0.109 e. The van der Waals surface area contributed by atoms with Crippen LogP contribution in [0.2, 0.25) is 0 Å². The first-order valence-corrected chi connectivity index (χ1v) is 5.44. The summed E-state index contributed by atoms with van der Waals surface area (Å²) >= 11 is 4.26. The third-order valence-corrected chi connectivity index (χ3v) is 2.90. The van der Waals surface area contributed by atoms with E-state index in [0.29, 0.717) is 0 Å². The van der Waals surface area contributed by atoms with Crippen LogP contribution in [0.15, 0.2) is 18.2 Å². The lowest BCUT2D eigenvalue weighted by Crippen LogP contribution is -1.94. The highest BCUT2D eigenvalue weighted by Gasteiger charge is 2.05. The quantitative estimate of drug-likeness (QED) is 0.748. The zero-order valence-corrected chi connectivity index (χ0v) is 9.38. The minimum atomic E-state index is 0.772. The van der Waals surface area contributed by atoms with Crippen molar-refractivity contribution in [2.24, 2.45) is 7.05 Å². The molecule has 1 aromatic heterocycles. The maximum atomic E-state index is 4.57. The second kappa shape index (κ2) is 3.65. The largest absolute Gasteiger partial charge is 0.331 e. The highest BCUT2D eigenvalue weighted by atomic mass is 32.1. The van der Waals surface area contributed by atoms with Crippen molar-refractivity contribution in [3.8, 4) is 0 Å². The van der Waals surface area contributed by atoms with Gasteiger partial charge in [-0.05, 0) is 17.7 Å². The molecule has 0 radical (unpaired) electrons. The summed E-state index contributed by atoms with van der Waals surface area (Å²) in [6.45, 7) is 2.13. The van der Waals surface area contributed by atoms with Crippen LogP contribution in [0, 0.1) is 0 Å². The molecule has 1 aromatic carbocycles. The van der Waals surface area contributed by atoms with Crippen LogP contribution in [0.3, 0.4) is 0 Å². The molecular weight excluding hydrogens is 192 g/mol. The predicted molar refractivity (Wildman–Crippen MR) is 62.8 cm³/mol. The van der Waals surface area contributed by atoms with Crippen LogP contribution in [0.4, 0.5) is 0 Å². The molecule has 0 unspecified atom stereocenters. The van der Waals surface area contributed by atoms with Crippen molar-refractivity contribution in [2.45, 2.75) is 19.1 Å². The Morgan fingerprint density at radius 3 is 2.86 bits per heavy atom. The van der Waals surface area contributed by atoms with Gasteiger partial charge in [-0.2, -0.15) is 12.6 Å². The fourth-order valence-corrected chi connectivity index (χ4v) is 1.91. The van der Waals surface area contributed by atoms with Gasteiger partial charge in [-0.1, -0.05) is 13.0 Å². The van der Waals surface area contributed by atoms with E-state index in [0.717, 1.165) is 23.5 Å². The summed E-state index contributed by atoms with van der Waals surface area (Å²) in [5, 5.41) is 0. The molecule has 0 spiro atoms. The lowest BCUT2D eigenvalue weighted by Gasteiger charge is -1.98. The van der Waals surface area contributed by atoms with E-state index < -0.39 is 0 Å². The van der Waals surface area contributed by atoms with Gasteiger partial charge in [-0.3, -0.25) is 0 Å². The molecular formula is C11H14N2S. The van der Waals surface area contributed by atoms with Crippen LogP contribution in [0.25, 0.3) is 11.0 Å². The van der Waals surface area contributed by atoms with Crippen molar-refractivity contribution in [2.75, 3.05) is 0 Å². The summed E-state index contributed by atoms with van der Waals surface area (Å²) in [6.07, 6.45) is 0.974. The summed E-state index contributed by atoms with van der Waals surface area (Å²) < 4.78 is 2.15. The Morgan fingerprint density at radius 1 is 1.43 bits per heavy atom. The SMILES string of the molecule is CCc1nc2cc(CS)ccc2n1C. The van der Waals surface area contributed by atoms with Crippen LogP contribution in [0.1, 0.15) is 18.3 Å². The molecule has 74 valence electrons. The van der Waals surface area contributed by atoms with Crippen LogP contribution < -0.4 is 0 Å². The minimum absolute atomic E-state index is 0.772. The fourth-order valence-electron chi connectivity index (χ4n) is 1.71. The zero-order valence-electron chi connectivity index (χ0n) is 8.49. The molecule has 0 aliphatic rings. The van der Waals surface area contributed by atoms with Crippen molar-refractivity contribution in [3.05, 3.63) is 29.6 Å². The van der Waals surface area contributed by atoms with E-state index in [1.165, 1.54) is 11.1 Å². The van der Waals surface area contributed by atoms with Crippen LogP contribution in [-0.4, -0.2) is 9.55 Å². The Labute approximate surface area is 89.4 Å². The Bertz CT molecular complexity index is 460. The molecule has 2 aromatic rings. The van der Waals surface area contributed by atoms with Crippen molar-refractivity contribution in [3.63, 3.8) is 0 Å². The number of benzene rings is 1. The molecule has 0 N–H and O–H groups in total. The molecule has 1 heterocycles. The first-order valence-electron chi connectivity index (χ1n) is 4.81. The maximum absolute atomic E-state index is 4.57. The zero-order chi connectivity index (χ0) is 10.1. The monoisotopic (exact) mass is 206 g/mol. The van der Waals surface area contributed by atoms with E-state index in [-0.39, 0.29) is 0 Å². The van der Waals surface area contributed by atoms with E-state index in [4.69, 9.17) is 0 Å². The number of fused-ring (bicyclic) bond motifs is 1. The number of hydrogen-bond donors (Lipinski definition) is 1. The Hall–Kier alpha value is -0.960. The van der Waals surface area contributed by atoms with Gasteiger partial charge in [0.1, 0.15) is 5.82 Å². The van der Waals surface area contributed by atoms with E-state index in [1.807, 2.05) is 0 Å². The molecule has 2 rings (SSSR count). The number of aryl methyl sites for hydroxylation is 2. The van der Waals surface area contributed by atoms with Gasteiger partial charge in [-0.25, -0.2) is 4.98 Å². The van der Waals surface area contributed by atoms with Gasteiger partial charge in [0.25, 0.3) is 0 Å². The van der Waals surface area contributed by atoms with Gasteiger partial charge < -0.3 is 4.57 Å². The number of aromatic nitrogens is 2. The molecule has 0 fully saturated rings. The molecule has 0 saturated heterocycles. The minimum Gasteiger partial charge on any atom is -0.331 e. The average Bonchev–Trinajstić information content (AvgIpc) is 2.55. The topological polar surface area (TPSA) is 17.8 Å². The summed E-state index contributed by atoms with van der Waals surface area (Å²) in [4.78, 5) is 4.57. The summed E-state index contributed by atoms with van der Waals surface area (Å²) in [7, 11) is 2.06. The third-order valence-electron chi connectivity index (χ3n) is 2.54. The van der Waals surface area contributed by atoms with Gasteiger partial charge >= 0.3 is 0 Å². The van der Waals surface area contributed by atoms with E-state index in [9.17, 15) is 0 Å². The van der Waals surface area contributed by atoms with Crippen molar-refractivity contribution < 1.29 is 0 Å². The average molecular weight is 206 g/mol. The second-order valence-corrected chi connectivity index (χ2v) is 3.74. The molecule has 0 atom stereocenters. The smallest absolute Gasteiger partial charge is 0.109 e. The second-order valence-electron chi connectivity index (χ2n) is 3.42. The van der Waals surface area contributed by atoms with E-state index in [1.54, 1.807) is 0 Å². The molecule has 0 bridgehead atoms. The molecule has 14 heavy (non-hydrogen) atoms. The Kier molecular flexibility index (Phi) is 2.50. The number of rotatable bonds is 2. The number of nitrogens with zero attached hydrogens (tertiary/aromatic N) is 2. The Balaban J connectivity index is 2.66. The predicted octanol–water partition coefficient (Wildman–Crippen LogP) is 2.57. The number of hydrogen-bond acceptors (Lipinski definition) is 2. The van der Waals surface area contributed by atoms with Crippen molar-refractivity contribution >= 4 is 23.7 Å². The van der Waals surface area contributed by atoms with E-state index in [2.05, 4.69) is 54.4 Å². The number of thiol groups is 1. The van der Waals surface area contributed by atoms with Crippen LogP contribution in [0.5, 0.6) is 0 Å². The summed E-state index contributed by atoms with van der Waals surface area (Å²) in [6, 6.07) is 6.34. The van der Waals surface area contributed by atoms with Gasteiger partial charge in [0.2, 0.25) is 0 Å². The normalized spacial score (nSPS) is 11.1. The molecule has 0 saturated carbocycles. The molecule has 2 nitrogen and oxygen atoms in total. The molecule has 3 heteroatoms. The van der Waals surface area contributed by atoms with Crippen LogP contribution >= 0.6 is 12.6 Å².